The molecule has 130 valence electrons. The molecule has 0 fully saturated rings. The molecule has 0 saturated carbocycles. The van der Waals surface area contributed by atoms with Crippen molar-refractivity contribution in [2.45, 2.75) is 24.5 Å². The Morgan fingerprint density at radius 1 is 1.36 bits per heavy atom. The minimum absolute atomic E-state index is 0.0634. The van der Waals surface area contributed by atoms with E-state index in [-0.39, 0.29) is 18.3 Å². The molecule has 0 aliphatic rings. The number of thioether (sulfide) groups is 1. The van der Waals surface area contributed by atoms with Crippen LogP contribution in [-0.2, 0) is 4.79 Å². The van der Waals surface area contributed by atoms with Crippen LogP contribution in [0.5, 0.6) is 5.75 Å². The van der Waals surface area contributed by atoms with Crippen molar-refractivity contribution >= 4 is 39.9 Å². The van der Waals surface area contributed by atoms with Gasteiger partial charge in [-0.05, 0) is 31.2 Å². The monoisotopic (exact) mass is 375 g/mol. The standard InChI is InChI=1S/C17H17N3O3S2/c1-3-14(21)12-4-6-13(7-5-12)23-10-15(22)20-17-19-11(2)16(25-17)24-9-8-18/h4-7H,3,9-10H2,1-2H3,(H,19,20,22). The summed E-state index contributed by atoms with van der Waals surface area (Å²) in [4.78, 5) is 27.8. The lowest BCUT2D eigenvalue weighted by atomic mass is 10.1. The molecule has 0 atom stereocenters. The summed E-state index contributed by atoms with van der Waals surface area (Å²) in [6.45, 7) is 3.49. The van der Waals surface area contributed by atoms with Crippen molar-refractivity contribution < 1.29 is 14.3 Å². The summed E-state index contributed by atoms with van der Waals surface area (Å²) >= 11 is 2.73. The maximum absolute atomic E-state index is 12.0. The SMILES string of the molecule is CCC(=O)c1ccc(OCC(=O)Nc2nc(C)c(SCC#N)s2)cc1. The third-order valence-electron chi connectivity index (χ3n) is 3.14. The van der Waals surface area contributed by atoms with Gasteiger partial charge in [0.2, 0.25) is 0 Å². The highest BCUT2D eigenvalue weighted by Gasteiger charge is 2.11. The van der Waals surface area contributed by atoms with Crippen molar-refractivity contribution in [2.24, 2.45) is 0 Å². The van der Waals surface area contributed by atoms with Gasteiger partial charge in [-0.2, -0.15) is 5.26 Å². The number of aryl methyl sites for hydroxylation is 1. The number of ketones is 1. The third-order valence-corrected chi connectivity index (χ3v) is 5.44. The van der Waals surface area contributed by atoms with E-state index in [1.807, 2.05) is 13.8 Å². The predicted molar refractivity (Wildman–Crippen MR) is 98.4 cm³/mol. The molecule has 1 amide bonds. The molecule has 25 heavy (non-hydrogen) atoms. The molecule has 2 aromatic rings. The number of benzene rings is 1. The molecule has 0 unspecified atom stereocenters. The number of rotatable bonds is 8. The Morgan fingerprint density at radius 2 is 2.08 bits per heavy atom. The summed E-state index contributed by atoms with van der Waals surface area (Å²) in [5.41, 5.74) is 1.41. The first-order chi connectivity index (χ1) is 12.0. The summed E-state index contributed by atoms with van der Waals surface area (Å²) in [6.07, 6.45) is 0.449. The Balaban J connectivity index is 1.86. The van der Waals surface area contributed by atoms with Crippen molar-refractivity contribution in [2.75, 3.05) is 17.7 Å². The number of Topliss-reactive ketones (excluding diaryl/α,β-unsaturated/α-hetero) is 1. The van der Waals surface area contributed by atoms with E-state index in [0.29, 0.717) is 28.6 Å². The van der Waals surface area contributed by atoms with Gasteiger partial charge < -0.3 is 4.74 Å². The van der Waals surface area contributed by atoms with Crippen LogP contribution in [0.15, 0.2) is 28.5 Å². The molecule has 6 nitrogen and oxygen atoms in total. The molecule has 1 heterocycles. The number of aromatic nitrogens is 1. The zero-order valence-electron chi connectivity index (χ0n) is 13.9. The summed E-state index contributed by atoms with van der Waals surface area (Å²) in [6, 6.07) is 8.76. The average Bonchev–Trinajstić information content (AvgIpc) is 2.97. The van der Waals surface area contributed by atoms with E-state index in [1.165, 1.54) is 23.1 Å². The van der Waals surface area contributed by atoms with Crippen LogP contribution in [0.3, 0.4) is 0 Å². The third kappa shape index (κ3) is 5.59. The molecule has 1 aromatic carbocycles. The zero-order valence-corrected chi connectivity index (χ0v) is 15.5. The van der Waals surface area contributed by atoms with Crippen LogP contribution in [0.1, 0.15) is 29.4 Å². The number of nitrogens with zero attached hydrogens (tertiary/aromatic N) is 2. The van der Waals surface area contributed by atoms with Crippen LogP contribution in [0.2, 0.25) is 0 Å². The van der Waals surface area contributed by atoms with Crippen LogP contribution in [-0.4, -0.2) is 29.0 Å². The second-order valence-electron chi connectivity index (χ2n) is 4.98. The lowest BCUT2D eigenvalue weighted by Crippen LogP contribution is -2.20. The lowest BCUT2D eigenvalue weighted by Gasteiger charge is -2.06. The number of amides is 1. The van der Waals surface area contributed by atoms with Gasteiger partial charge in [-0.25, -0.2) is 4.98 Å². The second kappa shape index (κ2) is 9.20. The van der Waals surface area contributed by atoms with E-state index < -0.39 is 0 Å². The Labute approximate surface area is 154 Å². The molecule has 0 saturated heterocycles. The molecule has 2 rings (SSSR count). The summed E-state index contributed by atoms with van der Waals surface area (Å²) in [5, 5.41) is 11.8. The van der Waals surface area contributed by atoms with E-state index in [9.17, 15) is 9.59 Å². The molecule has 0 spiro atoms. The number of anilines is 1. The van der Waals surface area contributed by atoms with Crippen molar-refractivity contribution in [1.82, 2.24) is 4.98 Å². The molecule has 0 aliphatic heterocycles. The number of thiazole rings is 1. The summed E-state index contributed by atoms with van der Waals surface area (Å²) < 4.78 is 6.33. The lowest BCUT2D eigenvalue weighted by molar-refractivity contribution is -0.118. The Bertz CT molecular complexity index is 794. The number of ether oxygens (including phenoxy) is 1. The van der Waals surface area contributed by atoms with Gasteiger partial charge in [-0.1, -0.05) is 30.0 Å². The highest BCUT2D eigenvalue weighted by molar-refractivity contribution is 8.01. The van der Waals surface area contributed by atoms with Crippen molar-refractivity contribution in [3.8, 4) is 11.8 Å². The molecule has 0 aliphatic carbocycles. The molecule has 1 aromatic heterocycles. The van der Waals surface area contributed by atoms with Gasteiger partial charge in [-0.15, -0.1) is 0 Å². The fourth-order valence-electron chi connectivity index (χ4n) is 1.91. The fraction of sp³-hybridized carbons (Fsp3) is 0.294. The molecular formula is C17H17N3O3S2. The topological polar surface area (TPSA) is 92.1 Å². The molecule has 8 heteroatoms. The van der Waals surface area contributed by atoms with Crippen molar-refractivity contribution in [1.29, 1.82) is 5.26 Å². The van der Waals surface area contributed by atoms with Crippen molar-refractivity contribution in [3.05, 3.63) is 35.5 Å². The first kappa shape index (κ1) is 19.0. The van der Waals surface area contributed by atoms with E-state index >= 15 is 0 Å². The van der Waals surface area contributed by atoms with Crippen LogP contribution in [0, 0.1) is 18.3 Å². The van der Waals surface area contributed by atoms with Gasteiger partial charge >= 0.3 is 0 Å². The van der Waals surface area contributed by atoms with Crippen molar-refractivity contribution in [3.63, 3.8) is 0 Å². The second-order valence-corrected chi connectivity index (χ2v) is 7.22. The number of hydrogen-bond donors (Lipinski definition) is 1. The Hall–Kier alpha value is -2.37. The minimum Gasteiger partial charge on any atom is -0.484 e. The zero-order chi connectivity index (χ0) is 18.2. The normalized spacial score (nSPS) is 10.1. The van der Waals surface area contributed by atoms with Crippen LogP contribution >= 0.6 is 23.1 Å². The first-order valence-electron chi connectivity index (χ1n) is 7.56. The van der Waals surface area contributed by atoms with Gasteiger partial charge in [0, 0.05) is 12.0 Å². The number of carbonyl (C=O) groups is 2. The minimum atomic E-state index is -0.320. The maximum atomic E-state index is 12.0. The molecule has 0 radical (unpaired) electrons. The van der Waals surface area contributed by atoms with Gasteiger partial charge in [0.15, 0.2) is 17.5 Å². The number of nitriles is 1. The number of carbonyl (C=O) groups excluding carboxylic acids is 2. The fourth-order valence-corrected chi connectivity index (χ4v) is 3.73. The first-order valence-corrected chi connectivity index (χ1v) is 9.36. The highest BCUT2D eigenvalue weighted by atomic mass is 32.2. The van der Waals surface area contributed by atoms with Crippen LogP contribution in [0.25, 0.3) is 0 Å². The van der Waals surface area contributed by atoms with E-state index in [4.69, 9.17) is 10.00 Å². The average molecular weight is 375 g/mol. The summed E-state index contributed by atoms with van der Waals surface area (Å²) in [7, 11) is 0. The molecule has 1 N–H and O–H groups in total. The van der Waals surface area contributed by atoms with Gasteiger partial charge in [0.1, 0.15) is 5.75 Å². The highest BCUT2D eigenvalue weighted by Crippen LogP contribution is 2.31. The summed E-state index contributed by atoms with van der Waals surface area (Å²) in [5.74, 6) is 0.604. The maximum Gasteiger partial charge on any atom is 0.264 e. The predicted octanol–water partition coefficient (Wildman–Crippen LogP) is 3.68. The van der Waals surface area contributed by atoms with E-state index in [2.05, 4.69) is 16.4 Å². The largest absolute Gasteiger partial charge is 0.484 e. The smallest absolute Gasteiger partial charge is 0.264 e. The quantitative estimate of drug-likeness (QED) is 0.559. The molecular weight excluding hydrogens is 358 g/mol. The number of nitrogens with one attached hydrogen (secondary N) is 1. The molecule has 0 bridgehead atoms. The Kier molecular flexibility index (Phi) is 6.98. The van der Waals surface area contributed by atoms with Gasteiger partial charge in [0.25, 0.3) is 5.91 Å². The number of hydrogen-bond acceptors (Lipinski definition) is 7. The van der Waals surface area contributed by atoms with E-state index in [0.717, 1.165) is 9.90 Å². The van der Waals surface area contributed by atoms with Gasteiger partial charge in [0.05, 0.1) is 21.7 Å². The Morgan fingerprint density at radius 3 is 2.72 bits per heavy atom. The van der Waals surface area contributed by atoms with E-state index in [1.54, 1.807) is 24.3 Å². The van der Waals surface area contributed by atoms with Crippen LogP contribution in [0.4, 0.5) is 5.13 Å². The van der Waals surface area contributed by atoms with Gasteiger partial charge in [-0.3, -0.25) is 14.9 Å². The van der Waals surface area contributed by atoms with Crippen LogP contribution < -0.4 is 10.1 Å².